The quantitative estimate of drug-likeness (QED) is 0.0353. The molecule has 0 fully saturated rings. The van der Waals surface area contributed by atoms with Crippen LogP contribution in [0.5, 0.6) is 0 Å². The number of carbonyl (C=O) groups excluding carboxylic acids is 5. The minimum Gasteiger partial charge on any atom is -1.00 e. The number of nitrogens with one attached hydrogen (secondary N) is 4. The van der Waals surface area contributed by atoms with Crippen LogP contribution >= 0.6 is 0 Å². The van der Waals surface area contributed by atoms with Gasteiger partial charge in [0.1, 0.15) is 6.04 Å². The molecule has 0 bridgehead atoms. The maximum absolute atomic E-state index is 14.2. The predicted molar refractivity (Wildman–Crippen MR) is 206 cm³/mol. The average molecular weight is 1410 g/mol. The van der Waals surface area contributed by atoms with Gasteiger partial charge in [-0.3, -0.25) is 19.2 Å². The van der Waals surface area contributed by atoms with Crippen molar-refractivity contribution in [3.8, 4) is 0 Å². The van der Waals surface area contributed by atoms with E-state index in [1.165, 1.54) is 35.1 Å². The second-order valence-corrected chi connectivity index (χ2v) is 18.5. The normalized spacial score (nSPS) is 14.9. The molecule has 0 aliphatic rings. The zero-order valence-electron chi connectivity index (χ0n) is 41.7. The van der Waals surface area contributed by atoms with Gasteiger partial charge in [0.25, 0.3) is 23.6 Å². The van der Waals surface area contributed by atoms with Crippen LogP contribution in [0.4, 0.5) is 132 Å². The van der Waals surface area contributed by atoms with E-state index >= 15 is 0 Å². The third-order valence-corrected chi connectivity index (χ3v) is 11.0. The molecule has 0 saturated carbocycles. The summed E-state index contributed by atoms with van der Waals surface area (Å²) in [7, 11) is 4.76. The van der Waals surface area contributed by atoms with E-state index in [1.54, 1.807) is 0 Å². The van der Waals surface area contributed by atoms with E-state index in [2.05, 4.69) is 10.6 Å². The summed E-state index contributed by atoms with van der Waals surface area (Å²) in [6, 6.07) is -1.47. The topological polar surface area (TPSA) is 143 Å². The Morgan fingerprint density at radius 3 is 0.976 bits per heavy atom. The van der Waals surface area contributed by atoms with E-state index in [0.29, 0.717) is 0 Å². The number of quaternary nitrogens is 2. The van der Waals surface area contributed by atoms with Gasteiger partial charge in [0.2, 0.25) is 0 Å². The van der Waals surface area contributed by atoms with Gasteiger partial charge in [-0.05, 0) is 26.2 Å². The summed E-state index contributed by atoms with van der Waals surface area (Å²) >= 11 is 0. The van der Waals surface area contributed by atoms with Gasteiger partial charge >= 0.3 is 89.4 Å². The van der Waals surface area contributed by atoms with Gasteiger partial charge in [-0.1, -0.05) is 0 Å². The first-order valence-corrected chi connectivity index (χ1v) is 21.7. The maximum Gasteiger partial charge on any atom is 0.460 e. The monoisotopic (exact) mass is 1410 g/mol. The number of amides is 4. The highest BCUT2D eigenvalue weighted by molar-refractivity contribution is 5.86. The summed E-state index contributed by atoms with van der Waals surface area (Å²) < 4.78 is 407. The number of rotatable bonds is 32. The van der Waals surface area contributed by atoms with Gasteiger partial charge in [-0.2, -0.15) is 132 Å². The zero-order valence-corrected chi connectivity index (χ0v) is 44.9. The van der Waals surface area contributed by atoms with E-state index < -0.39 is 180 Å². The van der Waals surface area contributed by atoms with Gasteiger partial charge in [0.15, 0.2) is 13.1 Å². The molecule has 0 radical (unpaired) electrons. The summed E-state index contributed by atoms with van der Waals surface area (Å²) in [6.45, 7) is -3.94. The number of unbranched alkanes of at least 4 members (excludes halogenated alkanes) is 1. The Labute approximate surface area is 462 Å². The van der Waals surface area contributed by atoms with Crippen molar-refractivity contribution in [2.45, 2.75) is 128 Å². The molecular weight excluding hydrogens is 1370 g/mol. The number of carbonyl (C=O) groups is 5. The molecule has 1 atom stereocenters. The number of ether oxygens (including phenoxy) is 1. The van der Waals surface area contributed by atoms with Crippen LogP contribution in [0, 0.1) is 0 Å². The van der Waals surface area contributed by atoms with Gasteiger partial charge in [0, 0.05) is 32.5 Å². The van der Waals surface area contributed by atoms with Gasteiger partial charge in [-0.25, -0.2) is 4.79 Å². The number of esters is 1. The lowest BCUT2D eigenvalue weighted by Crippen LogP contribution is -3.00. The number of nitrogens with zero attached hydrogens (tertiary/aromatic N) is 2. The minimum atomic E-state index is -8.62. The zero-order chi connectivity index (χ0) is 64.2. The predicted octanol–water partition coefficient (Wildman–Crippen LogP) is 2.24. The molecule has 0 saturated heterocycles. The standard InChI is InChI=1S/C38H44F30N6O6.2BrH/c1-6-80-22(77)19(72-21(76)18-74(4,5)16-10-14-71-24(79)26(41,42)28(45,46)30(49,50)32(53,54)34(57,58)36(61,62)38(66,67)68)11-7-8-12-69-20(75)17-73(2,3)15-9-13-70-23(78)25(39,40)27(43,44)29(47,48)31(51,52)33(55,56)35(59,60)37(63,64)65;;/h19H,6-18H2,1-5H3,(H2-2,69,70,71,72,75,76,78,79);2*1H/t19-;;/m0../s1. The molecule has 0 aliphatic carbocycles. The molecule has 0 unspecified atom stereocenters. The van der Waals surface area contributed by atoms with Crippen molar-refractivity contribution in [2.75, 3.05) is 80.6 Å². The number of hydrogen-bond acceptors (Lipinski definition) is 6. The van der Waals surface area contributed by atoms with Crippen molar-refractivity contribution in [3.05, 3.63) is 0 Å². The molecule has 0 heterocycles. The number of halogens is 32. The smallest absolute Gasteiger partial charge is 0.460 e. The first-order valence-electron chi connectivity index (χ1n) is 21.7. The molecule has 82 heavy (non-hydrogen) atoms. The fourth-order valence-electron chi connectivity index (χ4n) is 6.28. The first kappa shape index (κ1) is 82.3. The van der Waals surface area contributed by atoms with E-state index in [4.69, 9.17) is 4.74 Å². The third kappa shape index (κ3) is 16.6. The fourth-order valence-corrected chi connectivity index (χ4v) is 6.28. The van der Waals surface area contributed by atoms with Crippen molar-refractivity contribution in [3.63, 3.8) is 0 Å². The van der Waals surface area contributed by atoms with E-state index in [1.807, 2.05) is 0 Å². The van der Waals surface area contributed by atoms with Crippen LogP contribution < -0.4 is 55.2 Å². The van der Waals surface area contributed by atoms with Gasteiger partial charge < -0.3 is 68.9 Å². The molecule has 44 heteroatoms. The van der Waals surface area contributed by atoms with Crippen molar-refractivity contribution >= 4 is 29.6 Å². The first-order chi connectivity index (χ1) is 35.1. The van der Waals surface area contributed by atoms with Crippen LogP contribution in [-0.2, 0) is 28.7 Å². The third-order valence-electron chi connectivity index (χ3n) is 11.0. The molecule has 0 aromatic heterocycles. The second-order valence-electron chi connectivity index (χ2n) is 18.5. The molecule has 4 amide bonds. The largest absolute Gasteiger partial charge is 1.00 e. The lowest BCUT2D eigenvalue weighted by molar-refractivity contribution is -0.882. The summed E-state index contributed by atoms with van der Waals surface area (Å²) in [4.78, 5) is 61.4. The van der Waals surface area contributed by atoms with E-state index in [9.17, 15) is 156 Å². The summed E-state index contributed by atoms with van der Waals surface area (Å²) in [5.74, 6) is -108. The maximum atomic E-state index is 14.2. The van der Waals surface area contributed by atoms with Crippen LogP contribution in [0.25, 0.3) is 0 Å². The molecule has 12 nitrogen and oxygen atoms in total. The van der Waals surface area contributed by atoms with Crippen LogP contribution in [0.3, 0.4) is 0 Å². The fraction of sp³-hybridized carbons (Fsp3) is 0.868. The second kappa shape index (κ2) is 27.2. The minimum absolute atomic E-state index is 0. The lowest BCUT2D eigenvalue weighted by Gasteiger charge is -2.41. The van der Waals surface area contributed by atoms with Crippen LogP contribution in [0.15, 0.2) is 0 Å². The number of hydrogen-bond donors (Lipinski definition) is 4. The summed E-state index contributed by atoms with van der Waals surface area (Å²) in [5, 5.41) is 6.25. The van der Waals surface area contributed by atoms with Crippen molar-refractivity contribution in [1.29, 1.82) is 0 Å². The van der Waals surface area contributed by atoms with E-state index in [-0.39, 0.29) is 66.4 Å². The highest BCUT2D eigenvalue weighted by Gasteiger charge is 2.95. The van der Waals surface area contributed by atoms with Crippen molar-refractivity contribution in [1.82, 2.24) is 21.3 Å². The van der Waals surface area contributed by atoms with Crippen LogP contribution in [0.2, 0.25) is 0 Å². The Morgan fingerprint density at radius 1 is 0.390 bits per heavy atom. The molecule has 0 rings (SSSR count). The molecule has 0 spiro atoms. The Morgan fingerprint density at radius 2 is 0.671 bits per heavy atom. The number of alkyl halides is 30. The van der Waals surface area contributed by atoms with Gasteiger partial charge in [-0.15, -0.1) is 0 Å². The summed E-state index contributed by atoms with van der Waals surface area (Å²) in [6.07, 6.45) is -17.4. The molecule has 0 aromatic rings. The Kier molecular flexibility index (Phi) is 27.3. The van der Waals surface area contributed by atoms with Crippen molar-refractivity contribution < 1.29 is 203 Å². The van der Waals surface area contributed by atoms with Gasteiger partial charge in [0.05, 0.1) is 47.9 Å². The van der Waals surface area contributed by atoms with Crippen molar-refractivity contribution in [2.24, 2.45) is 0 Å². The molecular formula is C38H46Br2F30N6O6. The molecule has 4 N–H and O–H groups in total. The molecule has 488 valence electrons. The highest BCUT2D eigenvalue weighted by atomic mass is 79.9. The Balaban J connectivity index is -0.0000312. The number of likely N-dealkylation sites (N-methyl/N-ethyl adjacent to an activating group) is 2. The Hall–Kier alpha value is -3.87. The van der Waals surface area contributed by atoms with E-state index in [0.717, 1.165) is 10.6 Å². The SMILES string of the molecule is CCOC(=O)[C@H](CCCCNC(=O)C[N+](C)(C)CCCNC(=O)C(F)(F)C(F)(F)C(F)(F)C(F)(F)C(F)(F)C(F)(F)C(F)(F)F)NC(=O)C[N+](C)(C)CCCNC(=O)C(F)(F)C(F)(F)C(F)(F)C(F)(F)C(F)(F)C(F)(F)C(F)(F)F.[Br-].[Br-]. The van der Waals surface area contributed by atoms with Crippen LogP contribution in [0.1, 0.15) is 39.0 Å². The molecule has 0 aliphatic heterocycles. The average Bonchev–Trinajstić information content (AvgIpc) is 3.26. The Bertz CT molecular complexity index is 2160. The van der Waals surface area contributed by atoms with Crippen LogP contribution in [-0.4, -0.2) is 209 Å². The summed E-state index contributed by atoms with van der Waals surface area (Å²) in [5.41, 5.74) is 0. The lowest BCUT2D eigenvalue weighted by atomic mass is 9.91. The molecule has 0 aromatic carbocycles. The highest BCUT2D eigenvalue weighted by Crippen LogP contribution is 2.64.